The topological polar surface area (TPSA) is 63.2 Å². The Morgan fingerprint density at radius 2 is 2.05 bits per heavy atom. The molecule has 0 amide bonds. The number of sulfonamides is 1. The van der Waals surface area contributed by atoms with Gasteiger partial charge in [0.05, 0.1) is 5.02 Å². The molecule has 0 bridgehead atoms. The first kappa shape index (κ1) is 13.5. The van der Waals surface area contributed by atoms with E-state index in [4.69, 9.17) is 11.6 Å². The molecule has 104 valence electrons. The molecule has 0 spiro atoms. The highest BCUT2D eigenvalue weighted by atomic mass is 35.5. The molecule has 2 aromatic rings. The molecule has 0 N–H and O–H groups in total. The Morgan fingerprint density at radius 1 is 1.25 bits per heavy atom. The Balaban J connectivity index is 1.97. The number of hydrogen-bond donors (Lipinski definition) is 0. The number of benzene rings is 1. The average Bonchev–Trinajstić information content (AvgIpc) is 2.47. The number of fused-ring (bicyclic) bond motifs is 1. The predicted octanol–water partition coefficient (Wildman–Crippen LogP) is 1.88. The zero-order valence-corrected chi connectivity index (χ0v) is 12.1. The number of halogens is 1. The van der Waals surface area contributed by atoms with Gasteiger partial charge in [-0.05, 0) is 12.1 Å². The lowest BCUT2D eigenvalue weighted by Crippen LogP contribution is -2.36. The van der Waals surface area contributed by atoms with Crippen LogP contribution in [-0.4, -0.2) is 29.2 Å². The summed E-state index contributed by atoms with van der Waals surface area (Å²) in [6.45, 7) is 0.682. The summed E-state index contributed by atoms with van der Waals surface area (Å²) < 4.78 is 26.7. The monoisotopic (exact) mass is 309 g/mol. The molecule has 2 heterocycles. The molecule has 5 nitrogen and oxygen atoms in total. The maximum atomic E-state index is 12.6. The second kappa shape index (κ2) is 5.12. The third-order valence-corrected chi connectivity index (χ3v) is 5.63. The molecule has 1 aliphatic rings. The van der Waals surface area contributed by atoms with Gasteiger partial charge in [0, 0.05) is 37.0 Å². The van der Waals surface area contributed by atoms with Crippen molar-refractivity contribution in [3.05, 3.63) is 53.1 Å². The molecule has 3 rings (SSSR count). The summed E-state index contributed by atoms with van der Waals surface area (Å²) in [6, 6.07) is 6.48. The normalized spacial score (nSPS) is 15.8. The summed E-state index contributed by atoms with van der Waals surface area (Å²) in [5.74, 6) is 0. The van der Waals surface area contributed by atoms with Crippen LogP contribution in [0.2, 0.25) is 5.02 Å². The SMILES string of the molecule is O=S(=O)(c1ccccc1Cl)N1CCc2ncncc2C1. The molecule has 1 aliphatic heterocycles. The minimum absolute atomic E-state index is 0.141. The largest absolute Gasteiger partial charge is 0.244 e. The van der Waals surface area contributed by atoms with Crippen LogP contribution in [0.1, 0.15) is 11.3 Å². The van der Waals surface area contributed by atoms with Crippen LogP contribution in [0.5, 0.6) is 0 Å². The molecule has 1 aromatic carbocycles. The molecule has 0 aliphatic carbocycles. The van der Waals surface area contributed by atoms with Gasteiger partial charge in [-0.25, -0.2) is 18.4 Å². The first-order valence-electron chi connectivity index (χ1n) is 6.11. The molecule has 0 radical (unpaired) electrons. The quantitative estimate of drug-likeness (QED) is 0.849. The van der Waals surface area contributed by atoms with E-state index in [9.17, 15) is 8.42 Å². The van der Waals surface area contributed by atoms with Gasteiger partial charge in [-0.2, -0.15) is 4.31 Å². The molecule has 0 saturated heterocycles. The van der Waals surface area contributed by atoms with Crippen molar-refractivity contribution in [2.75, 3.05) is 6.54 Å². The van der Waals surface area contributed by atoms with E-state index in [1.807, 2.05) is 0 Å². The lowest BCUT2D eigenvalue weighted by atomic mass is 10.1. The molecular weight excluding hydrogens is 298 g/mol. The lowest BCUT2D eigenvalue weighted by Gasteiger charge is -2.27. The van der Waals surface area contributed by atoms with Crippen LogP contribution < -0.4 is 0 Å². The van der Waals surface area contributed by atoms with Crippen molar-refractivity contribution in [2.45, 2.75) is 17.9 Å². The zero-order valence-electron chi connectivity index (χ0n) is 10.5. The molecule has 0 atom stereocenters. The van der Waals surface area contributed by atoms with Crippen LogP contribution in [0.15, 0.2) is 41.7 Å². The summed E-state index contributed by atoms with van der Waals surface area (Å²) >= 11 is 6.00. The highest BCUT2D eigenvalue weighted by Gasteiger charge is 2.30. The van der Waals surface area contributed by atoms with Gasteiger partial charge in [0.1, 0.15) is 11.2 Å². The molecule has 0 saturated carbocycles. The van der Waals surface area contributed by atoms with Crippen molar-refractivity contribution in [3.63, 3.8) is 0 Å². The van der Waals surface area contributed by atoms with Gasteiger partial charge in [0.2, 0.25) is 10.0 Å². The number of aromatic nitrogens is 2. The second-order valence-corrected chi connectivity index (χ2v) is 6.83. The Bertz CT molecular complexity index is 749. The summed E-state index contributed by atoms with van der Waals surface area (Å²) in [6.07, 6.45) is 3.73. The molecule has 0 unspecified atom stereocenters. The fraction of sp³-hybridized carbons (Fsp3) is 0.231. The Labute approximate surface area is 122 Å². The summed E-state index contributed by atoms with van der Waals surface area (Å²) in [5.41, 5.74) is 1.75. The molecule has 20 heavy (non-hydrogen) atoms. The Hall–Kier alpha value is -1.50. The van der Waals surface area contributed by atoms with Gasteiger partial charge in [0.25, 0.3) is 0 Å². The van der Waals surface area contributed by atoms with Crippen LogP contribution in [-0.2, 0) is 23.0 Å². The fourth-order valence-electron chi connectivity index (χ4n) is 2.24. The van der Waals surface area contributed by atoms with Gasteiger partial charge >= 0.3 is 0 Å². The molecule has 1 aromatic heterocycles. The zero-order chi connectivity index (χ0) is 14.2. The third kappa shape index (κ3) is 2.30. The number of rotatable bonds is 2. The van der Waals surface area contributed by atoms with Crippen LogP contribution in [0.3, 0.4) is 0 Å². The standard InChI is InChI=1S/C13H12ClN3O2S/c14-11-3-1-2-4-13(11)20(18,19)17-6-5-12-10(8-17)7-15-9-16-12/h1-4,7,9H,5-6,8H2. The Kier molecular flexibility index (Phi) is 3.45. The van der Waals surface area contributed by atoms with E-state index in [2.05, 4.69) is 9.97 Å². The maximum absolute atomic E-state index is 12.6. The molecule has 7 heteroatoms. The van der Waals surface area contributed by atoms with E-state index < -0.39 is 10.0 Å². The van der Waals surface area contributed by atoms with Crippen molar-refractivity contribution in [1.82, 2.24) is 14.3 Å². The minimum atomic E-state index is -3.59. The fourth-order valence-corrected chi connectivity index (χ4v) is 4.15. The van der Waals surface area contributed by atoms with Crippen LogP contribution in [0.25, 0.3) is 0 Å². The van der Waals surface area contributed by atoms with Crippen molar-refractivity contribution in [3.8, 4) is 0 Å². The van der Waals surface area contributed by atoms with Gasteiger partial charge < -0.3 is 0 Å². The number of nitrogens with zero attached hydrogens (tertiary/aromatic N) is 3. The van der Waals surface area contributed by atoms with Crippen molar-refractivity contribution in [1.29, 1.82) is 0 Å². The summed E-state index contributed by atoms with van der Waals surface area (Å²) in [7, 11) is -3.59. The van der Waals surface area contributed by atoms with Crippen LogP contribution >= 0.6 is 11.6 Å². The van der Waals surface area contributed by atoms with Crippen LogP contribution in [0.4, 0.5) is 0 Å². The van der Waals surface area contributed by atoms with E-state index >= 15 is 0 Å². The van der Waals surface area contributed by atoms with Crippen molar-refractivity contribution < 1.29 is 8.42 Å². The summed E-state index contributed by atoms with van der Waals surface area (Å²) in [5, 5.41) is 0.239. The van der Waals surface area contributed by atoms with Crippen LogP contribution in [0, 0.1) is 0 Å². The smallest absolute Gasteiger partial charge is 0.244 e. The molecular formula is C13H12ClN3O2S. The van der Waals surface area contributed by atoms with E-state index in [0.717, 1.165) is 11.3 Å². The first-order chi connectivity index (χ1) is 9.59. The Morgan fingerprint density at radius 3 is 2.85 bits per heavy atom. The highest BCUT2D eigenvalue weighted by molar-refractivity contribution is 7.89. The van der Waals surface area contributed by atoms with Crippen molar-refractivity contribution >= 4 is 21.6 Å². The third-order valence-electron chi connectivity index (χ3n) is 3.28. The predicted molar refractivity (Wildman–Crippen MR) is 74.8 cm³/mol. The second-order valence-electron chi connectivity index (χ2n) is 4.51. The number of hydrogen-bond acceptors (Lipinski definition) is 4. The summed E-state index contributed by atoms with van der Waals surface area (Å²) in [4.78, 5) is 8.25. The van der Waals surface area contributed by atoms with Gasteiger partial charge in [-0.3, -0.25) is 0 Å². The van der Waals surface area contributed by atoms with E-state index in [-0.39, 0.29) is 16.5 Å². The van der Waals surface area contributed by atoms with Gasteiger partial charge in [-0.15, -0.1) is 0 Å². The molecule has 0 fully saturated rings. The lowest BCUT2D eigenvalue weighted by molar-refractivity contribution is 0.387. The van der Waals surface area contributed by atoms with Crippen molar-refractivity contribution in [2.24, 2.45) is 0 Å². The first-order valence-corrected chi connectivity index (χ1v) is 7.93. The van der Waals surface area contributed by atoms with Gasteiger partial charge in [-0.1, -0.05) is 23.7 Å². The highest BCUT2D eigenvalue weighted by Crippen LogP contribution is 2.27. The average molecular weight is 310 g/mol. The van der Waals surface area contributed by atoms with E-state index in [1.165, 1.54) is 16.7 Å². The van der Waals surface area contributed by atoms with E-state index in [0.29, 0.717) is 13.0 Å². The van der Waals surface area contributed by atoms with E-state index in [1.54, 1.807) is 24.4 Å². The maximum Gasteiger partial charge on any atom is 0.244 e. The minimum Gasteiger partial charge on any atom is -0.244 e. The van der Waals surface area contributed by atoms with Gasteiger partial charge in [0.15, 0.2) is 0 Å².